The predicted molar refractivity (Wildman–Crippen MR) is 34.6 cm³/mol. The summed E-state index contributed by atoms with van der Waals surface area (Å²) in [6.07, 6.45) is -1.20. The highest BCUT2D eigenvalue weighted by Gasteiger charge is 2.49. The maximum Gasteiger partial charge on any atom is 0.306 e. The van der Waals surface area contributed by atoms with E-state index in [9.17, 15) is 9.90 Å². The lowest BCUT2D eigenvalue weighted by Crippen LogP contribution is -2.30. The SMILES string of the molecule is O=C1C[C@@H]2C[C@@H](O)[C@@H](O)[C@@H]2O1. The summed E-state index contributed by atoms with van der Waals surface area (Å²) in [6, 6.07) is 0. The first kappa shape index (κ1) is 7.06. The van der Waals surface area contributed by atoms with Crippen molar-refractivity contribution < 1.29 is 19.7 Å². The molecule has 1 saturated heterocycles. The Hall–Kier alpha value is -0.610. The van der Waals surface area contributed by atoms with Gasteiger partial charge in [-0.05, 0) is 6.42 Å². The maximum absolute atomic E-state index is 10.7. The van der Waals surface area contributed by atoms with Gasteiger partial charge in [-0.3, -0.25) is 4.79 Å². The van der Waals surface area contributed by atoms with Crippen LogP contribution >= 0.6 is 0 Å². The molecule has 1 aliphatic carbocycles. The van der Waals surface area contributed by atoms with Crippen molar-refractivity contribution in [1.29, 1.82) is 0 Å². The Morgan fingerprint density at radius 2 is 2.18 bits per heavy atom. The third-order valence-corrected chi connectivity index (χ3v) is 2.44. The number of rotatable bonds is 0. The van der Waals surface area contributed by atoms with E-state index in [1.54, 1.807) is 0 Å². The van der Waals surface area contributed by atoms with Crippen molar-refractivity contribution in [3.05, 3.63) is 0 Å². The molecule has 0 unspecified atom stereocenters. The third kappa shape index (κ3) is 0.937. The zero-order valence-electron chi connectivity index (χ0n) is 5.93. The molecular weight excluding hydrogens is 148 g/mol. The molecule has 0 spiro atoms. The second-order valence-corrected chi connectivity index (χ2v) is 3.21. The van der Waals surface area contributed by atoms with Gasteiger partial charge in [0.25, 0.3) is 0 Å². The van der Waals surface area contributed by atoms with Crippen LogP contribution in [-0.4, -0.2) is 34.5 Å². The smallest absolute Gasteiger partial charge is 0.306 e. The predicted octanol–water partition coefficient (Wildman–Crippen LogP) is -0.956. The molecule has 4 heteroatoms. The van der Waals surface area contributed by atoms with E-state index < -0.39 is 18.3 Å². The lowest BCUT2D eigenvalue weighted by atomic mass is 10.1. The molecule has 0 amide bonds. The van der Waals surface area contributed by atoms with Crippen molar-refractivity contribution in [2.24, 2.45) is 5.92 Å². The van der Waals surface area contributed by atoms with E-state index in [1.165, 1.54) is 0 Å². The number of ether oxygens (including phenoxy) is 1. The average molecular weight is 158 g/mol. The fourth-order valence-electron chi connectivity index (χ4n) is 1.86. The van der Waals surface area contributed by atoms with Crippen molar-refractivity contribution in [2.75, 3.05) is 0 Å². The molecular formula is C7H10O4. The van der Waals surface area contributed by atoms with E-state index in [2.05, 4.69) is 0 Å². The Bertz CT molecular complexity index is 191. The average Bonchev–Trinajstić information content (AvgIpc) is 2.37. The normalized spacial score (nSPS) is 49.1. The highest BCUT2D eigenvalue weighted by Crippen LogP contribution is 2.36. The van der Waals surface area contributed by atoms with Crippen molar-refractivity contribution in [3.8, 4) is 0 Å². The number of aliphatic hydroxyl groups excluding tert-OH is 2. The van der Waals surface area contributed by atoms with Crippen molar-refractivity contribution in [3.63, 3.8) is 0 Å². The summed E-state index contributed by atoms with van der Waals surface area (Å²) in [5.74, 6) is -0.224. The molecule has 2 fully saturated rings. The lowest BCUT2D eigenvalue weighted by Gasteiger charge is -2.13. The first-order valence-electron chi connectivity index (χ1n) is 3.74. The van der Waals surface area contributed by atoms with Crippen molar-refractivity contribution >= 4 is 5.97 Å². The van der Waals surface area contributed by atoms with Crippen LogP contribution in [0.15, 0.2) is 0 Å². The van der Waals surface area contributed by atoms with Gasteiger partial charge < -0.3 is 14.9 Å². The number of hydrogen-bond donors (Lipinski definition) is 2. The van der Waals surface area contributed by atoms with E-state index in [-0.39, 0.29) is 11.9 Å². The highest BCUT2D eigenvalue weighted by atomic mass is 16.6. The van der Waals surface area contributed by atoms with E-state index in [1.807, 2.05) is 0 Å². The van der Waals surface area contributed by atoms with E-state index in [0.29, 0.717) is 12.8 Å². The Morgan fingerprint density at radius 1 is 1.45 bits per heavy atom. The largest absolute Gasteiger partial charge is 0.459 e. The van der Waals surface area contributed by atoms with Crippen LogP contribution < -0.4 is 0 Å². The molecule has 4 atom stereocenters. The molecule has 2 N–H and O–H groups in total. The van der Waals surface area contributed by atoms with Gasteiger partial charge in [0.2, 0.25) is 0 Å². The summed E-state index contributed by atoms with van der Waals surface area (Å²) in [5, 5.41) is 18.4. The Kier molecular flexibility index (Phi) is 1.40. The quantitative estimate of drug-likeness (QED) is 0.446. The van der Waals surface area contributed by atoms with Crippen molar-refractivity contribution in [2.45, 2.75) is 31.2 Å². The zero-order valence-corrected chi connectivity index (χ0v) is 5.93. The van der Waals surface area contributed by atoms with Crippen LogP contribution in [0.25, 0.3) is 0 Å². The summed E-state index contributed by atoms with van der Waals surface area (Å²) >= 11 is 0. The topological polar surface area (TPSA) is 66.8 Å². The number of esters is 1. The lowest BCUT2D eigenvalue weighted by molar-refractivity contribution is -0.146. The third-order valence-electron chi connectivity index (χ3n) is 2.44. The molecule has 0 radical (unpaired) electrons. The molecule has 2 rings (SSSR count). The minimum atomic E-state index is -0.869. The van der Waals surface area contributed by atoms with Crippen LogP contribution in [0.4, 0.5) is 0 Å². The van der Waals surface area contributed by atoms with Crippen LogP contribution in [0.1, 0.15) is 12.8 Å². The monoisotopic (exact) mass is 158 g/mol. The molecule has 4 nitrogen and oxygen atoms in total. The number of aliphatic hydroxyl groups is 2. The number of carbonyl (C=O) groups is 1. The molecule has 1 saturated carbocycles. The Labute approximate surface area is 63.8 Å². The molecule has 11 heavy (non-hydrogen) atoms. The van der Waals surface area contributed by atoms with Crippen LogP contribution in [0.3, 0.4) is 0 Å². The number of fused-ring (bicyclic) bond motifs is 1. The second-order valence-electron chi connectivity index (χ2n) is 3.21. The van der Waals surface area contributed by atoms with Crippen LogP contribution in [0.2, 0.25) is 0 Å². The molecule has 1 heterocycles. The second kappa shape index (κ2) is 2.19. The van der Waals surface area contributed by atoms with Gasteiger partial charge in [0.05, 0.1) is 12.5 Å². The standard InChI is InChI=1S/C7H10O4/c8-4-1-3-2-5(9)11-7(3)6(4)10/h3-4,6-8,10H,1-2H2/t3-,4+,6+,7+/m0/s1. The van der Waals surface area contributed by atoms with Gasteiger partial charge in [-0.2, -0.15) is 0 Å². The van der Waals surface area contributed by atoms with Gasteiger partial charge in [0.15, 0.2) is 0 Å². The first-order valence-corrected chi connectivity index (χ1v) is 3.74. The van der Waals surface area contributed by atoms with Gasteiger partial charge in [0, 0.05) is 5.92 Å². The van der Waals surface area contributed by atoms with Gasteiger partial charge in [-0.1, -0.05) is 0 Å². The minimum absolute atomic E-state index is 0.0347. The molecule has 1 aliphatic heterocycles. The van der Waals surface area contributed by atoms with Gasteiger partial charge in [0.1, 0.15) is 12.2 Å². The molecule has 0 aromatic heterocycles. The summed E-state index contributed by atoms with van der Waals surface area (Å²) in [6.45, 7) is 0. The van der Waals surface area contributed by atoms with Gasteiger partial charge in [-0.15, -0.1) is 0 Å². The molecule has 0 aromatic rings. The van der Waals surface area contributed by atoms with Crippen molar-refractivity contribution in [1.82, 2.24) is 0 Å². The number of carbonyl (C=O) groups excluding carboxylic acids is 1. The van der Waals surface area contributed by atoms with Gasteiger partial charge in [-0.25, -0.2) is 0 Å². The maximum atomic E-state index is 10.7. The Morgan fingerprint density at radius 3 is 2.82 bits per heavy atom. The van der Waals surface area contributed by atoms with E-state index in [0.717, 1.165) is 0 Å². The van der Waals surface area contributed by atoms with Crippen LogP contribution in [0.5, 0.6) is 0 Å². The highest BCUT2D eigenvalue weighted by molar-refractivity contribution is 5.72. The van der Waals surface area contributed by atoms with Crippen LogP contribution in [0, 0.1) is 5.92 Å². The summed E-state index contributed by atoms with van der Waals surface area (Å²) in [5.41, 5.74) is 0. The van der Waals surface area contributed by atoms with E-state index >= 15 is 0 Å². The number of hydrogen-bond acceptors (Lipinski definition) is 4. The fourth-order valence-corrected chi connectivity index (χ4v) is 1.86. The van der Waals surface area contributed by atoms with Gasteiger partial charge >= 0.3 is 5.97 Å². The minimum Gasteiger partial charge on any atom is -0.459 e. The fraction of sp³-hybridized carbons (Fsp3) is 0.857. The summed E-state index contributed by atoms with van der Waals surface area (Å²) < 4.78 is 4.82. The Balaban J connectivity index is 2.13. The first-order chi connectivity index (χ1) is 5.18. The molecule has 0 bridgehead atoms. The molecule has 0 aromatic carbocycles. The zero-order chi connectivity index (χ0) is 8.01. The molecule has 62 valence electrons. The van der Waals surface area contributed by atoms with E-state index in [4.69, 9.17) is 9.84 Å². The summed E-state index contributed by atoms with van der Waals surface area (Å²) in [4.78, 5) is 10.7. The van der Waals surface area contributed by atoms with Crippen LogP contribution in [-0.2, 0) is 9.53 Å². The molecule has 2 aliphatic rings. The summed E-state index contributed by atoms with van der Waals surface area (Å²) in [7, 11) is 0.